The predicted molar refractivity (Wildman–Crippen MR) is 99.8 cm³/mol. The van der Waals surface area contributed by atoms with Crippen molar-refractivity contribution in [3.63, 3.8) is 0 Å². The minimum atomic E-state index is -4.37. The Morgan fingerprint density at radius 1 is 1.07 bits per heavy atom. The first kappa shape index (κ1) is 20.5. The summed E-state index contributed by atoms with van der Waals surface area (Å²) in [4.78, 5) is 30.4. The van der Waals surface area contributed by atoms with Gasteiger partial charge in [-0.1, -0.05) is 6.07 Å². The van der Waals surface area contributed by atoms with E-state index in [0.717, 1.165) is 12.1 Å². The van der Waals surface area contributed by atoms with E-state index in [0.29, 0.717) is 38.4 Å². The normalized spacial score (nSPS) is 21.4. The second kappa shape index (κ2) is 7.29. The van der Waals surface area contributed by atoms with E-state index in [1.165, 1.54) is 6.07 Å². The molecular weight excluding hydrogens is 371 g/mol. The molecule has 5 nitrogen and oxygen atoms in total. The summed E-state index contributed by atoms with van der Waals surface area (Å²) in [5.74, 6) is -0.385. The molecule has 0 N–H and O–H groups in total. The summed E-state index contributed by atoms with van der Waals surface area (Å²) < 4.78 is 38.8. The monoisotopic (exact) mass is 397 g/mol. The van der Waals surface area contributed by atoms with Gasteiger partial charge >= 0.3 is 6.18 Å². The Balaban J connectivity index is 1.60. The molecule has 1 atom stereocenters. The number of halogens is 3. The Kier molecular flexibility index (Phi) is 5.34. The van der Waals surface area contributed by atoms with E-state index in [1.807, 2.05) is 25.7 Å². The quantitative estimate of drug-likeness (QED) is 0.771. The Morgan fingerprint density at radius 3 is 2.25 bits per heavy atom. The fourth-order valence-corrected chi connectivity index (χ4v) is 3.84. The lowest BCUT2D eigenvalue weighted by Gasteiger charge is -2.37. The van der Waals surface area contributed by atoms with Gasteiger partial charge in [0.15, 0.2) is 0 Å². The summed E-state index contributed by atoms with van der Waals surface area (Å²) in [5, 5.41) is 0. The largest absolute Gasteiger partial charge is 0.416 e. The van der Waals surface area contributed by atoms with Gasteiger partial charge in [0.2, 0.25) is 11.8 Å². The lowest BCUT2D eigenvalue weighted by atomic mass is 10.1. The Bertz CT molecular complexity index is 750. The first-order chi connectivity index (χ1) is 13.0. The summed E-state index contributed by atoms with van der Waals surface area (Å²) >= 11 is 0. The average molecular weight is 397 g/mol. The van der Waals surface area contributed by atoms with Crippen molar-refractivity contribution in [3.05, 3.63) is 29.8 Å². The molecule has 28 heavy (non-hydrogen) atoms. The highest BCUT2D eigenvalue weighted by molar-refractivity contribution is 5.89. The topological polar surface area (TPSA) is 43.9 Å². The van der Waals surface area contributed by atoms with E-state index in [4.69, 9.17) is 0 Å². The maximum Gasteiger partial charge on any atom is 0.416 e. The van der Waals surface area contributed by atoms with Crippen LogP contribution in [-0.4, -0.2) is 59.9 Å². The molecule has 1 aromatic rings. The molecule has 3 rings (SSSR count). The minimum Gasteiger partial charge on any atom is -0.368 e. The summed E-state index contributed by atoms with van der Waals surface area (Å²) in [6.45, 7) is 8.09. The van der Waals surface area contributed by atoms with Crippen molar-refractivity contribution in [3.8, 4) is 0 Å². The molecule has 154 valence electrons. The maximum atomic E-state index is 12.9. The van der Waals surface area contributed by atoms with Gasteiger partial charge in [-0.05, 0) is 39.0 Å². The van der Waals surface area contributed by atoms with Gasteiger partial charge in [-0.15, -0.1) is 0 Å². The van der Waals surface area contributed by atoms with E-state index >= 15 is 0 Å². The van der Waals surface area contributed by atoms with Crippen LogP contribution >= 0.6 is 0 Å². The van der Waals surface area contributed by atoms with Gasteiger partial charge in [-0.3, -0.25) is 9.59 Å². The summed E-state index contributed by atoms with van der Waals surface area (Å²) in [6.07, 6.45) is -4.15. The highest BCUT2D eigenvalue weighted by Crippen LogP contribution is 2.32. The van der Waals surface area contributed by atoms with Gasteiger partial charge in [-0.25, -0.2) is 0 Å². The molecule has 1 aromatic carbocycles. The molecule has 2 aliphatic rings. The van der Waals surface area contributed by atoms with Gasteiger partial charge in [0.25, 0.3) is 0 Å². The average Bonchev–Trinajstić information content (AvgIpc) is 3.03. The number of hydrogen-bond acceptors (Lipinski definition) is 3. The highest BCUT2D eigenvalue weighted by Gasteiger charge is 2.41. The highest BCUT2D eigenvalue weighted by atomic mass is 19.4. The van der Waals surface area contributed by atoms with Crippen LogP contribution in [0.5, 0.6) is 0 Å². The Morgan fingerprint density at radius 2 is 1.71 bits per heavy atom. The number of alkyl halides is 3. The van der Waals surface area contributed by atoms with Gasteiger partial charge in [0.1, 0.15) is 0 Å². The third-order valence-corrected chi connectivity index (χ3v) is 5.41. The van der Waals surface area contributed by atoms with Crippen LogP contribution in [-0.2, 0) is 15.8 Å². The van der Waals surface area contributed by atoms with Crippen LogP contribution in [0.25, 0.3) is 0 Å². The van der Waals surface area contributed by atoms with E-state index in [-0.39, 0.29) is 29.7 Å². The van der Waals surface area contributed by atoms with Crippen molar-refractivity contribution in [2.75, 3.05) is 37.6 Å². The molecule has 0 bridgehead atoms. The van der Waals surface area contributed by atoms with Crippen LogP contribution < -0.4 is 4.90 Å². The van der Waals surface area contributed by atoms with Crippen LogP contribution in [0.4, 0.5) is 18.9 Å². The van der Waals surface area contributed by atoms with Gasteiger partial charge in [-0.2, -0.15) is 13.2 Å². The zero-order valence-electron chi connectivity index (χ0n) is 16.4. The molecule has 2 aliphatic heterocycles. The van der Waals surface area contributed by atoms with Crippen molar-refractivity contribution in [2.24, 2.45) is 5.92 Å². The number of anilines is 1. The molecule has 2 fully saturated rings. The zero-order valence-corrected chi connectivity index (χ0v) is 16.4. The molecule has 0 aromatic heterocycles. The number of carbonyl (C=O) groups excluding carboxylic acids is 2. The van der Waals surface area contributed by atoms with Crippen LogP contribution in [0.2, 0.25) is 0 Å². The number of hydrogen-bond donors (Lipinski definition) is 0. The molecular formula is C20H26F3N3O2. The van der Waals surface area contributed by atoms with Gasteiger partial charge in [0.05, 0.1) is 11.5 Å². The molecule has 0 aliphatic carbocycles. The molecule has 2 heterocycles. The molecule has 0 spiro atoms. The minimum absolute atomic E-state index is 0.00606. The standard InChI is InChI=1S/C20H26F3N3O2/c1-19(2,3)26-13-14(11-17(26)27)18(28)25-9-7-24(8-10-25)16-6-4-5-15(12-16)20(21,22)23/h4-6,12,14H,7-11,13H2,1-3H3. The number of benzene rings is 1. The van der Waals surface area contributed by atoms with E-state index < -0.39 is 11.7 Å². The van der Waals surface area contributed by atoms with E-state index in [2.05, 4.69) is 0 Å². The van der Waals surface area contributed by atoms with Gasteiger partial charge in [0, 0.05) is 50.4 Å². The molecule has 2 amide bonds. The fourth-order valence-electron chi connectivity index (χ4n) is 3.84. The number of nitrogens with zero attached hydrogens (tertiary/aromatic N) is 3. The van der Waals surface area contributed by atoms with E-state index in [9.17, 15) is 22.8 Å². The number of piperazine rings is 1. The second-order valence-corrected chi connectivity index (χ2v) is 8.44. The number of likely N-dealkylation sites (tertiary alicyclic amines) is 1. The molecule has 2 saturated heterocycles. The first-order valence-corrected chi connectivity index (χ1v) is 9.48. The lowest BCUT2D eigenvalue weighted by Crippen LogP contribution is -2.51. The molecule has 1 unspecified atom stereocenters. The van der Waals surface area contributed by atoms with Crippen molar-refractivity contribution in [1.29, 1.82) is 0 Å². The third kappa shape index (κ3) is 4.25. The van der Waals surface area contributed by atoms with Crippen molar-refractivity contribution < 1.29 is 22.8 Å². The second-order valence-electron chi connectivity index (χ2n) is 8.44. The fraction of sp³-hybridized carbons (Fsp3) is 0.600. The predicted octanol–water partition coefficient (Wildman–Crippen LogP) is 3.00. The molecule has 0 radical (unpaired) electrons. The SMILES string of the molecule is CC(C)(C)N1CC(C(=O)N2CCN(c3cccc(C(F)(F)F)c3)CC2)CC1=O. The lowest BCUT2D eigenvalue weighted by molar-refractivity contribution is -0.137. The Hall–Kier alpha value is -2.25. The van der Waals surface area contributed by atoms with Crippen LogP contribution in [0.3, 0.4) is 0 Å². The summed E-state index contributed by atoms with van der Waals surface area (Å²) in [7, 11) is 0. The maximum absolute atomic E-state index is 12.9. The van der Waals surface area contributed by atoms with Crippen LogP contribution in [0.1, 0.15) is 32.8 Å². The summed E-state index contributed by atoms with van der Waals surface area (Å²) in [5.41, 5.74) is -0.471. The molecule has 0 saturated carbocycles. The summed E-state index contributed by atoms with van der Waals surface area (Å²) in [6, 6.07) is 5.26. The number of carbonyl (C=O) groups is 2. The third-order valence-electron chi connectivity index (χ3n) is 5.41. The van der Waals surface area contributed by atoms with Crippen molar-refractivity contribution in [2.45, 2.75) is 38.9 Å². The van der Waals surface area contributed by atoms with Crippen molar-refractivity contribution >= 4 is 17.5 Å². The van der Waals surface area contributed by atoms with Crippen LogP contribution in [0, 0.1) is 5.92 Å². The Labute approximate surface area is 163 Å². The van der Waals surface area contributed by atoms with Crippen molar-refractivity contribution in [1.82, 2.24) is 9.80 Å². The number of amides is 2. The first-order valence-electron chi connectivity index (χ1n) is 9.48. The van der Waals surface area contributed by atoms with Crippen LogP contribution in [0.15, 0.2) is 24.3 Å². The zero-order chi connectivity index (χ0) is 20.7. The van der Waals surface area contributed by atoms with E-state index in [1.54, 1.807) is 15.9 Å². The molecule has 8 heteroatoms. The van der Waals surface area contributed by atoms with Gasteiger partial charge < -0.3 is 14.7 Å². The smallest absolute Gasteiger partial charge is 0.368 e. The number of rotatable bonds is 2.